The molecule has 1 amide bonds. The number of unbranched alkanes of at least 4 members (excludes halogenated alkanes) is 4. The lowest BCUT2D eigenvalue weighted by Gasteiger charge is -2.07. The maximum Gasteiger partial charge on any atom is 0.224 e. The first-order valence-corrected chi connectivity index (χ1v) is 7.07. The Labute approximate surface area is 115 Å². The number of carbonyl (C=O) groups excluding carboxylic acids is 1. The van der Waals surface area contributed by atoms with Gasteiger partial charge in [0.05, 0.1) is 0 Å². The molecule has 0 atom stereocenters. The SMILES string of the molecule is CCCCCCCC(=O)Nc1ccc(Cl)c(C)c1. The van der Waals surface area contributed by atoms with E-state index >= 15 is 0 Å². The van der Waals surface area contributed by atoms with Crippen LogP contribution in [0.2, 0.25) is 5.02 Å². The lowest BCUT2D eigenvalue weighted by molar-refractivity contribution is -0.116. The van der Waals surface area contributed by atoms with Crippen molar-refractivity contribution in [3.63, 3.8) is 0 Å². The molecule has 18 heavy (non-hydrogen) atoms. The number of amides is 1. The van der Waals surface area contributed by atoms with Crippen molar-refractivity contribution in [2.75, 3.05) is 5.32 Å². The van der Waals surface area contributed by atoms with Crippen LogP contribution >= 0.6 is 11.6 Å². The molecule has 1 rings (SSSR count). The molecule has 0 aliphatic carbocycles. The maximum absolute atomic E-state index is 11.7. The standard InChI is InChI=1S/C15H22ClNO/c1-3-4-5-6-7-8-15(18)17-13-9-10-14(16)12(2)11-13/h9-11H,3-8H2,1-2H3,(H,17,18). The molecule has 1 aromatic carbocycles. The second-order valence-electron chi connectivity index (χ2n) is 4.68. The van der Waals surface area contributed by atoms with E-state index < -0.39 is 0 Å². The van der Waals surface area contributed by atoms with Gasteiger partial charge in [0.1, 0.15) is 0 Å². The van der Waals surface area contributed by atoms with Crippen LogP contribution in [0, 0.1) is 6.92 Å². The van der Waals surface area contributed by atoms with Crippen molar-refractivity contribution in [1.29, 1.82) is 0 Å². The average molecular weight is 268 g/mol. The van der Waals surface area contributed by atoms with Crippen molar-refractivity contribution in [3.05, 3.63) is 28.8 Å². The third-order valence-corrected chi connectivity index (χ3v) is 3.37. The van der Waals surface area contributed by atoms with Crippen LogP contribution in [-0.4, -0.2) is 5.91 Å². The first-order valence-electron chi connectivity index (χ1n) is 6.69. The minimum absolute atomic E-state index is 0.0909. The zero-order valence-electron chi connectivity index (χ0n) is 11.3. The molecule has 0 aromatic heterocycles. The van der Waals surface area contributed by atoms with Crippen molar-refractivity contribution in [1.82, 2.24) is 0 Å². The quantitative estimate of drug-likeness (QED) is 0.696. The van der Waals surface area contributed by atoms with Crippen LogP contribution in [0.3, 0.4) is 0 Å². The summed E-state index contributed by atoms with van der Waals surface area (Å²) in [5.74, 6) is 0.0909. The number of benzene rings is 1. The summed E-state index contributed by atoms with van der Waals surface area (Å²) < 4.78 is 0. The highest BCUT2D eigenvalue weighted by Crippen LogP contribution is 2.19. The fourth-order valence-corrected chi connectivity index (χ4v) is 1.95. The number of hydrogen-bond acceptors (Lipinski definition) is 1. The molecule has 1 N–H and O–H groups in total. The summed E-state index contributed by atoms with van der Waals surface area (Å²) >= 11 is 5.94. The summed E-state index contributed by atoms with van der Waals surface area (Å²) in [6.45, 7) is 4.12. The van der Waals surface area contributed by atoms with Crippen LogP contribution in [0.1, 0.15) is 51.0 Å². The van der Waals surface area contributed by atoms with Crippen molar-refractivity contribution in [2.45, 2.75) is 52.4 Å². The fraction of sp³-hybridized carbons (Fsp3) is 0.533. The van der Waals surface area contributed by atoms with E-state index in [0.29, 0.717) is 6.42 Å². The number of anilines is 1. The van der Waals surface area contributed by atoms with Gasteiger partial charge >= 0.3 is 0 Å². The Hall–Kier alpha value is -1.02. The van der Waals surface area contributed by atoms with Crippen LogP contribution < -0.4 is 5.32 Å². The van der Waals surface area contributed by atoms with Gasteiger partial charge in [0.15, 0.2) is 0 Å². The number of hydrogen-bond donors (Lipinski definition) is 1. The van der Waals surface area contributed by atoms with Crippen molar-refractivity contribution in [3.8, 4) is 0 Å². The summed E-state index contributed by atoms with van der Waals surface area (Å²) in [5, 5.41) is 3.63. The lowest BCUT2D eigenvalue weighted by Crippen LogP contribution is -2.11. The molecule has 0 bridgehead atoms. The van der Waals surface area contributed by atoms with Gasteiger partial charge in [0.2, 0.25) is 5.91 Å². The second-order valence-corrected chi connectivity index (χ2v) is 5.08. The molecule has 3 heteroatoms. The Kier molecular flexibility index (Phi) is 6.81. The molecule has 0 saturated carbocycles. The van der Waals surface area contributed by atoms with Crippen LogP contribution in [0.4, 0.5) is 5.69 Å². The number of aryl methyl sites for hydroxylation is 1. The van der Waals surface area contributed by atoms with Gasteiger partial charge in [-0.25, -0.2) is 0 Å². The molecule has 0 aliphatic heterocycles. The number of carbonyl (C=O) groups is 1. The number of nitrogens with one attached hydrogen (secondary N) is 1. The summed E-state index contributed by atoms with van der Waals surface area (Å²) in [4.78, 5) is 11.7. The Morgan fingerprint density at radius 2 is 1.94 bits per heavy atom. The molecule has 0 unspecified atom stereocenters. The smallest absolute Gasteiger partial charge is 0.224 e. The van der Waals surface area contributed by atoms with E-state index in [4.69, 9.17) is 11.6 Å². The van der Waals surface area contributed by atoms with E-state index in [2.05, 4.69) is 12.2 Å². The lowest BCUT2D eigenvalue weighted by atomic mass is 10.1. The highest BCUT2D eigenvalue weighted by molar-refractivity contribution is 6.31. The molecule has 0 aliphatic rings. The van der Waals surface area contributed by atoms with Crippen molar-refractivity contribution < 1.29 is 4.79 Å². The average Bonchev–Trinajstić information content (AvgIpc) is 2.34. The van der Waals surface area contributed by atoms with E-state index in [0.717, 1.165) is 29.1 Å². The Morgan fingerprint density at radius 3 is 2.61 bits per heavy atom. The Morgan fingerprint density at radius 1 is 1.22 bits per heavy atom. The minimum Gasteiger partial charge on any atom is -0.326 e. The molecule has 0 fully saturated rings. The molecule has 1 aromatic rings. The molecular formula is C15H22ClNO. The first-order chi connectivity index (χ1) is 8.63. The molecule has 0 radical (unpaired) electrons. The Balaban J connectivity index is 2.29. The van der Waals surface area contributed by atoms with Crippen LogP contribution in [0.5, 0.6) is 0 Å². The highest BCUT2D eigenvalue weighted by Gasteiger charge is 2.03. The molecule has 2 nitrogen and oxygen atoms in total. The van der Waals surface area contributed by atoms with Gasteiger partial charge in [-0.15, -0.1) is 0 Å². The Bertz CT molecular complexity index is 390. The van der Waals surface area contributed by atoms with E-state index in [1.165, 1.54) is 19.3 Å². The van der Waals surface area contributed by atoms with Crippen LogP contribution in [-0.2, 0) is 4.79 Å². The normalized spacial score (nSPS) is 10.4. The van der Waals surface area contributed by atoms with E-state index in [1.807, 2.05) is 25.1 Å². The van der Waals surface area contributed by atoms with E-state index in [1.54, 1.807) is 0 Å². The van der Waals surface area contributed by atoms with Crippen molar-refractivity contribution in [2.24, 2.45) is 0 Å². The molecular weight excluding hydrogens is 246 g/mol. The zero-order chi connectivity index (χ0) is 13.4. The van der Waals surface area contributed by atoms with Gasteiger partial charge in [0.25, 0.3) is 0 Å². The topological polar surface area (TPSA) is 29.1 Å². The first kappa shape index (κ1) is 15.0. The molecule has 0 heterocycles. The number of rotatable bonds is 7. The third-order valence-electron chi connectivity index (χ3n) is 2.95. The molecule has 100 valence electrons. The van der Waals surface area contributed by atoms with Gasteiger partial charge < -0.3 is 5.32 Å². The summed E-state index contributed by atoms with van der Waals surface area (Å²) in [6, 6.07) is 5.55. The largest absolute Gasteiger partial charge is 0.326 e. The van der Waals surface area contributed by atoms with Crippen LogP contribution in [0.15, 0.2) is 18.2 Å². The van der Waals surface area contributed by atoms with Gasteiger partial charge in [-0.1, -0.05) is 44.2 Å². The van der Waals surface area contributed by atoms with Crippen LogP contribution in [0.25, 0.3) is 0 Å². The summed E-state index contributed by atoms with van der Waals surface area (Å²) in [6.07, 6.45) is 6.43. The highest BCUT2D eigenvalue weighted by atomic mass is 35.5. The third kappa shape index (κ3) is 5.54. The monoisotopic (exact) mass is 267 g/mol. The van der Waals surface area contributed by atoms with Gasteiger partial charge in [0, 0.05) is 17.1 Å². The molecule has 0 saturated heterocycles. The zero-order valence-corrected chi connectivity index (χ0v) is 12.0. The van der Waals surface area contributed by atoms with Crippen molar-refractivity contribution >= 4 is 23.2 Å². The van der Waals surface area contributed by atoms with Gasteiger partial charge in [-0.3, -0.25) is 4.79 Å². The predicted molar refractivity (Wildman–Crippen MR) is 78.2 cm³/mol. The van der Waals surface area contributed by atoms with Gasteiger partial charge in [-0.2, -0.15) is 0 Å². The minimum atomic E-state index is 0.0909. The molecule has 0 spiro atoms. The predicted octanol–water partition coefficient (Wildman–Crippen LogP) is 4.95. The fourth-order valence-electron chi connectivity index (χ4n) is 1.84. The number of halogens is 1. The second kappa shape index (κ2) is 8.15. The van der Waals surface area contributed by atoms with Gasteiger partial charge in [-0.05, 0) is 37.1 Å². The summed E-state index contributed by atoms with van der Waals surface area (Å²) in [5.41, 5.74) is 1.81. The van der Waals surface area contributed by atoms with E-state index in [-0.39, 0.29) is 5.91 Å². The summed E-state index contributed by atoms with van der Waals surface area (Å²) in [7, 11) is 0. The maximum atomic E-state index is 11.7. The van der Waals surface area contributed by atoms with E-state index in [9.17, 15) is 4.79 Å².